The minimum absolute atomic E-state index is 0.308. The van der Waals surface area contributed by atoms with E-state index in [1.54, 1.807) is 7.11 Å². The number of nitrogens with one attached hydrogen (secondary N) is 2. The van der Waals surface area contributed by atoms with Crippen LogP contribution in [0.1, 0.15) is 11.1 Å². The summed E-state index contributed by atoms with van der Waals surface area (Å²) in [6, 6.07) is 8.91. The number of aliphatic imine (C=N–C) groups is 1. The molecule has 1 aromatic rings. The van der Waals surface area contributed by atoms with Crippen molar-refractivity contribution in [2.75, 3.05) is 33.4 Å². The Kier molecular flexibility index (Phi) is 4.90. The molecule has 2 N–H and O–H groups in total. The van der Waals surface area contributed by atoms with Gasteiger partial charge in [-0.05, 0) is 36.2 Å². The van der Waals surface area contributed by atoms with Gasteiger partial charge in [0.2, 0.25) is 5.96 Å². The summed E-state index contributed by atoms with van der Waals surface area (Å²) < 4.78 is 5.04. The van der Waals surface area contributed by atoms with E-state index in [-0.39, 0.29) is 0 Å². The van der Waals surface area contributed by atoms with Crippen molar-refractivity contribution in [1.29, 1.82) is 0 Å². The van der Waals surface area contributed by atoms with Gasteiger partial charge in [-0.3, -0.25) is 4.90 Å². The third-order valence-corrected chi connectivity index (χ3v) is 4.40. The topological polar surface area (TPSA) is 48.9 Å². The lowest BCUT2D eigenvalue weighted by Crippen LogP contribution is -2.44. The highest BCUT2D eigenvalue weighted by molar-refractivity contribution is 7.80. The summed E-state index contributed by atoms with van der Waals surface area (Å²) in [7, 11) is 1.69. The minimum atomic E-state index is 0.308. The van der Waals surface area contributed by atoms with Gasteiger partial charge < -0.3 is 15.4 Å². The van der Waals surface area contributed by atoms with Crippen molar-refractivity contribution in [2.24, 2.45) is 4.99 Å². The summed E-state index contributed by atoms with van der Waals surface area (Å²) in [6.07, 6.45) is 2.03. The molecule has 0 bridgehead atoms. The molecule has 1 aliphatic heterocycles. The Morgan fingerprint density at radius 1 is 1.41 bits per heavy atom. The van der Waals surface area contributed by atoms with Gasteiger partial charge in [0.25, 0.3) is 0 Å². The Morgan fingerprint density at radius 3 is 2.82 bits per heavy atom. The second-order valence-electron chi connectivity index (χ2n) is 5.59. The van der Waals surface area contributed by atoms with Crippen molar-refractivity contribution < 1.29 is 4.74 Å². The van der Waals surface area contributed by atoms with Crippen molar-refractivity contribution >= 4 is 23.3 Å². The number of ether oxygens (including phenoxy) is 1. The molecule has 2 aliphatic rings. The van der Waals surface area contributed by atoms with Crippen LogP contribution in [0.2, 0.25) is 0 Å². The first kappa shape index (κ1) is 15.2. The van der Waals surface area contributed by atoms with Crippen LogP contribution < -0.4 is 10.6 Å². The number of benzene rings is 1. The summed E-state index contributed by atoms with van der Waals surface area (Å²) in [5.74, 6) is 0.896. The lowest BCUT2D eigenvalue weighted by molar-refractivity contribution is 0.203. The van der Waals surface area contributed by atoms with Crippen molar-refractivity contribution in [3.05, 3.63) is 35.4 Å². The number of hydrogen-bond acceptors (Lipinski definition) is 3. The molecule has 0 aromatic heterocycles. The molecular weight excluding hydrogens is 296 g/mol. The predicted molar refractivity (Wildman–Crippen MR) is 92.3 cm³/mol. The van der Waals surface area contributed by atoms with Crippen LogP contribution in [-0.2, 0) is 17.6 Å². The fraction of sp³-hybridized carbons (Fsp3) is 0.500. The molecule has 1 heterocycles. The summed E-state index contributed by atoms with van der Waals surface area (Å²) in [6.45, 7) is 3.10. The zero-order valence-corrected chi connectivity index (χ0v) is 13.7. The second kappa shape index (κ2) is 7.07. The molecule has 0 atom stereocenters. The highest BCUT2D eigenvalue weighted by Gasteiger charge is 2.26. The van der Waals surface area contributed by atoms with Crippen molar-refractivity contribution in [3.63, 3.8) is 0 Å². The van der Waals surface area contributed by atoms with E-state index >= 15 is 0 Å². The molecule has 0 amide bonds. The third kappa shape index (κ3) is 3.39. The smallest absolute Gasteiger partial charge is 0.200 e. The SMILES string of the molecule is COCCNC(=S)N1CCN/C1=N\C1Cc2ccccc2C1. The molecule has 0 unspecified atom stereocenters. The molecule has 1 saturated heterocycles. The fourth-order valence-electron chi connectivity index (χ4n) is 2.95. The average molecular weight is 318 g/mol. The first-order valence-corrected chi connectivity index (χ1v) is 8.11. The van der Waals surface area contributed by atoms with Crippen LogP contribution in [0, 0.1) is 0 Å². The molecule has 1 fully saturated rings. The van der Waals surface area contributed by atoms with E-state index in [0.29, 0.717) is 19.2 Å². The highest BCUT2D eigenvalue weighted by Crippen LogP contribution is 2.24. The molecule has 5 nitrogen and oxygen atoms in total. The van der Waals surface area contributed by atoms with Gasteiger partial charge in [-0.2, -0.15) is 0 Å². The third-order valence-electron chi connectivity index (χ3n) is 4.04. The number of hydrogen-bond donors (Lipinski definition) is 2. The summed E-state index contributed by atoms with van der Waals surface area (Å²) in [5, 5.41) is 7.28. The van der Waals surface area contributed by atoms with Crippen LogP contribution in [0.25, 0.3) is 0 Å². The molecule has 0 saturated carbocycles. The van der Waals surface area contributed by atoms with Gasteiger partial charge in [-0.15, -0.1) is 0 Å². The van der Waals surface area contributed by atoms with Crippen molar-refractivity contribution in [2.45, 2.75) is 18.9 Å². The molecule has 3 rings (SSSR count). The fourth-order valence-corrected chi connectivity index (χ4v) is 3.23. The molecule has 118 valence electrons. The standard InChI is InChI=1S/C16H22N4OS/c1-21-9-7-18-16(22)20-8-6-17-15(20)19-14-10-12-4-2-3-5-13(12)11-14/h2-5,14H,6-11H2,1H3,(H,17,19)(H,18,22). The first-order chi connectivity index (χ1) is 10.8. The van der Waals surface area contributed by atoms with E-state index in [4.69, 9.17) is 21.9 Å². The van der Waals surface area contributed by atoms with Crippen LogP contribution in [0.4, 0.5) is 0 Å². The lowest BCUT2D eigenvalue weighted by Gasteiger charge is -2.20. The van der Waals surface area contributed by atoms with Gasteiger partial charge in [0, 0.05) is 26.7 Å². The number of rotatable bonds is 4. The Labute approximate surface area is 136 Å². The van der Waals surface area contributed by atoms with Crippen LogP contribution in [-0.4, -0.2) is 55.4 Å². The Bertz CT molecular complexity index is 550. The molecule has 1 aromatic carbocycles. The van der Waals surface area contributed by atoms with E-state index in [1.807, 2.05) is 4.90 Å². The number of nitrogens with zero attached hydrogens (tertiary/aromatic N) is 2. The zero-order chi connectivity index (χ0) is 15.4. The maximum Gasteiger partial charge on any atom is 0.200 e. The molecule has 22 heavy (non-hydrogen) atoms. The van der Waals surface area contributed by atoms with Gasteiger partial charge in [0.1, 0.15) is 0 Å². The molecule has 0 radical (unpaired) electrons. The molecule has 1 aliphatic carbocycles. The predicted octanol–water partition coefficient (Wildman–Crippen LogP) is 0.936. The van der Waals surface area contributed by atoms with Crippen LogP contribution >= 0.6 is 12.2 Å². The summed E-state index contributed by atoms with van der Waals surface area (Å²) in [5.41, 5.74) is 2.84. The van der Waals surface area contributed by atoms with E-state index in [9.17, 15) is 0 Å². The van der Waals surface area contributed by atoms with Crippen LogP contribution in [0.5, 0.6) is 0 Å². The number of fused-ring (bicyclic) bond motifs is 1. The lowest BCUT2D eigenvalue weighted by atomic mass is 10.1. The van der Waals surface area contributed by atoms with E-state index < -0.39 is 0 Å². The molecule has 0 spiro atoms. The zero-order valence-electron chi connectivity index (χ0n) is 12.8. The maximum absolute atomic E-state index is 5.45. The van der Waals surface area contributed by atoms with E-state index in [0.717, 1.165) is 37.0 Å². The summed E-state index contributed by atoms with van der Waals surface area (Å²) in [4.78, 5) is 6.94. The Balaban J connectivity index is 1.62. The Morgan fingerprint density at radius 2 is 2.14 bits per heavy atom. The molecule has 6 heteroatoms. The van der Waals surface area contributed by atoms with Crippen LogP contribution in [0.15, 0.2) is 29.3 Å². The van der Waals surface area contributed by atoms with E-state index in [2.05, 4.69) is 34.9 Å². The summed E-state index contributed by atoms with van der Waals surface area (Å²) >= 11 is 5.45. The first-order valence-electron chi connectivity index (χ1n) is 7.70. The number of thiocarbonyl (C=S) groups is 1. The Hall–Kier alpha value is -1.66. The minimum Gasteiger partial charge on any atom is -0.383 e. The van der Waals surface area contributed by atoms with Gasteiger partial charge in [0.15, 0.2) is 5.11 Å². The van der Waals surface area contributed by atoms with Gasteiger partial charge in [-0.1, -0.05) is 24.3 Å². The maximum atomic E-state index is 5.45. The van der Waals surface area contributed by atoms with E-state index in [1.165, 1.54) is 11.1 Å². The van der Waals surface area contributed by atoms with Gasteiger partial charge in [-0.25, -0.2) is 4.99 Å². The second-order valence-corrected chi connectivity index (χ2v) is 5.97. The quantitative estimate of drug-likeness (QED) is 0.639. The average Bonchev–Trinajstić information content (AvgIpc) is 3.13. The molecular formula is C16H22N4OS. The monoisotopic (exact) mass is 318 g/mol. The normalized spacial score (nSPS) is 19.3. The van der Waals surface area contributed by atoms with Gasteiger partial charge >= 0.3 is 0 Å². The van der Waals surface area contributed by atoms with Crippen LogP contribution in [0.3, 0.4) is 0 Å². The van der Waals surface area contributed by atoms with Gasteiger partial charge in [0.05, 0.1) is 12.6 Å². The van der Waals surface area contributed by atoms with Crippen molar-refractivity contribution in [3.8, 4) is 0 Å². The number of guanidine groups is 1. The largest absolute Gasteiger partial charge is 0.383 e. The van der Waals surface area contributed by atoms with Crippen molar-refractivity contribution in [1.82, 2.24) is 15.5 Å². The number of methoxy groups -OCH3 is 1. The highest BCUT2D eigenvalue weighted by atomic mass is 32.1.